The van der Waals surface area contributed by atoms with E-state index in [0.29, 0.717) is 25.5 Å². The molecule has 0 unspecified atom stereocenters. The predicted molar refractivity (Wildman–Crippen MR) is 48.3 cm³/mol. The molecule has 0 amide bonds. The van der Waals surface area contributed by atoms with Gasteiger partial charge in [0.1, 0.15) is 5.82 Å². The molecule has 78 valence electrons. The van der Waals surface area contributed by atoms with E-state index in [-0.39, 0.29) is 5.56 Å². The zero-order valence-electron chi connectivity index (χ0n) is 7.69. The number of hydrogen-bond acceptors (Lipinski definition) is 1. The van der Waals surface area contributed by atoms with Crippen molar-refractivity contribution in [1.29, 1.82) is 0 Å². The van der Waals surface area contributed by atoms with Gasteiger partial charge in [-0.25, -0.2) is 13.2 Å². The van der Waals surface area contributed by atoms with Gasteiger partial charge >= 0.3 is 0 Å². The summed E-state index contributed by atoms with van der Waals surface area (Å²) in [5, 5.41) is 0. The van der Waals surface area contributed by atoms with E-state index in [2.05, 4.69) is 0 Å². The molecule has 0 saturated carbocycles. The Labute approximate surface area is 80.7 Å². The number of benzene rings is 1. The quantitative estimate of drug-likeness (QED) is 0.590. The van der Waals surface area contributed by atoms with Gasteiger partial charge in [0.15, 0.2) is 11.6 Å². The average Bonchev–Trinajstić information content (AvgIpc) is 2.13. The van der Waals surface area contributed by atoms with E-state index < -0.39 is 17.5 Å². The molecule has 14 heavy (non-hydrogen) atoms. The van der Waals surface area contributed by atoms with Gasteiger partial charge in [-0.2, -0.15) is 0 Å². The predicted octanol–water partition coefficient (Wildman–Crippen LogP) is 2.39. The number of nitrogens with two attached hydrogens (primary N) is 1. The summed E-state index contributed by atoms with van der Waals surface area (Å²) in [6.07, 6.45) is 1.67. The van der Waals surface area contributed by atoms with Crippen LogP contribution in [0.2, 0.25) is 0 Å². The highest BCUT2D eigenvalue weighted by Crippen LogP contribution is 2.16. The van der Waals surface area contributed by atoms with Crippen LogP contribution in [-0.4, -0.2) is 6.54 Å². The van der Waals surface area contributed by atoms with Crippen LogP contribution in [0, 0.1) is 17.5 Å². The van der Waals surface area contributed by atoms with E-state index in [1.165, 1.54) is 0 Å². The van der Waals surface area contributed by atoms with Crippen LogP contribution in [0.25, 0.3) is 0 Å². The smallest absolute Gasteiger partial charge is 0.162 e. The summed E-state index contributed by atoms with van der Waals surface area (Å²) in [5.74, 6) is -2.83. The first kappa shape index (κ1) is 11.0. The van der Waals surface area contributed by atoms with Gasteiger partial charge in [-0.15, -0.1) is 0 Å². The number of hydrogen-bond donors (Lipinski definition) is 1. The van der Waals surface area contributed by atoms with Crippen LogP contribution in [0.4, 0.5) is 13.2 Å². The van der Waals surface area contributed by atoms with E-state index in [0.717, 1.165) is 12.5 Å². The van der Waals surface area contributed by atoms with Gasteiger partial charge in [0.2, 0.25) is 0 Å². The first-order valence-corrected chi connectivity index (χ1v) is 4.48. The Hall–Kier alpha value is -1.03. The molecule has 1 aromatic carbocycles. The third-order valence-electron chi connectivity index (χ3n) is 1.97. The minimum Gasteiger partial charge on any atom is -0.330 e. The molecule has 0 aromatic heterocycles. The van der Waals surface area contributed by atoms with Gasteiger partial charge < -0.3 is 5.73 Å². The van der Waals surface area contributed by atoms with Crippen LogP contribution >= 0.6 is 0 Å². The van der Waals surface area contributed by atoms with Crippen molar-refractivity contribution in [3.63, 3.8) is 0 Å². The Kier molecular flexibility index (Phi) is 3.95. The standard InChI is InChI=1S/C10H12F3N/c11-8-5-7(3-1-2-4-14)10(13)9(12)6-8/h5-6H,1-4,14H2. The molecular formula is C10H12F3N. The molecule has 0 aliphatic heterocycles. The fourth-order valence-corrected chi connectivity index (χ4v) is 1.25. The summed E-state index contributed by atoms with van der Waals surface area (Å²) in [6.45, 7) is 0.499. The maximum Gasteiger partial charge on any atom is 0.162 e. The molecule has 0 spiro atoms. The van der Waals surface area contributed by atoms with Gasteiger partial charge in [0, 0.05) is 6.07 Å². The van der Waals surface area contributed by atoms with E-state index in [1.807, 2.05) is 0 Å². The maximum atomic E-state index is 13.0. The van der Waals surface area contributed by atoms with Crippen molar-refractivity contribution in [1.82, 2.24) is 0 Å². The zero-order valence-corrected chi connectivity index (χ0v) is 7.69. The molecular weight excluding hydrogens is 191 g/mol. The third kappa shape index (κ3) is 2.73. The average molecular weight is 203 g/mol. The molecule has 0 aliphatic carbocycles. The number of halogens is 3. The summed E-state index contributed by atoms with van der Waals surface area (Å²) in [5.41, 5.74) is 5.33. The maximum absolute atomic E-state index is 13.0. The molecule has 0 atom stereocenters. The first-order valence-electron chi connectivity index (χ1n) is 4.48. The molecule has 2 N–H and O–H groups in total. The molecule has 0 aliphatic rings. The molecule has 1 nitrogen and oxygen atoms in total. The summed E-state index contributed by atoms with van der Waals surface area (Å²) in [6, 6.07) is 1.57. The molecule has 1 rings (SSSR count). The lowest BCUT2D eigenvalue weighted by Crippen LogP contribution is -2.01. The van der Waals surface area contributed by atoms with Crippen molar-refractivity contribution in [3.8, 4) is 0 Å². The third-order valence-corrected chi connectivity index (χ3v) is 1.97. The first-order chi connectivity index (χ1) is 6.65. The van der Waals surface area contributed by atoms with E-state index in [9.17, 15) is 13.2 Å². The molecule has 0 saturated heterocycles. The minimum atomic E-state index is -1.13. The number of unbranched alkanes of at least 4 members (excludes halogenated alkanes) is 1. The van der Waals surface area contributed by atoms with Crippen molar-refractivity contribution in [3.05, 3.63) is 35.1 Å². The van der Waals surface area contributed by atoms with Crippen molar-refractivity contribution < 1.29 is 13.2 Å². The monoisotopic (exact) mass is 203 g/mol. The summed E-state index contributed by atoms with van der Waals surface area (Å²) < 4.78 is 38.4. The van der Waals surface area contributed by atoms with Crippen molar-refractivity contribution >= 4 is 0 Å². The van der Waals surface area contributed by atoms with Gasteiger partial charge in [-0.05, 0) is 37.4 Å². The van der Waals surface area contributed by atoms with Crippen LogP contribution in [-0.2, 0) is 6.42 Å². The lowest BCUT2D eigenvalue weighted by Gasteiger charge is -2.03. The van der Waals surface area contributed by atoms with Crippen molar-refractivity contribution in [2.45, 2.75) is 19.3 Å². The van der Waals surface area contributed by atoms with Gasteiger partial charge in [0.25, 0.3) is 0 Å². The normalized spacial score (nSPS) is 10.6. The Bertz CT molecular complexity index is 312. The number of aryl methyl sites for hydroxylation is 1. The molecule has 0 heterocycles. The van der Waals surface area contributed by atoms with Gasteiger partial charge in [-0.1, -0.05) is 0 Å². The van der Waals surface area contributed by atoms with Crippen molar-refractivity contribution in [2.75, 3.05) is 6.54 Å². The van der Waals surface area contributed by atoms with Crippen LogP contribution in [0.1, 0.15) is 18.4 Å². The Morgan fingerprint density at radius 2 is 1.79 bits per heavy atom. The highest BCUT2D eigenvalue weighted by atomic mass is 19.2. The zero-order chi connectivity index (χ0) is 10.6. The summed E-state index contributed by atoms with van der Waals surface area (Å²) >= 11 is 0. The van der Waals surface area contributed by atoms with Crippen LogP contribution in [0.5, 0.6) is 0 Å². The summed E-state index contributed by atoms with van der Waals surface area (Å²) in [7, 11) is 0. The molecule has 1 aromatic rings. The molecule has 0 fully saturated rings. The van der Waals surface area contributed by atoms with Crippen molar-refractivity contribution in [2.24, 2.45) is 5.73 Å². The highest BCUT2D eigenvalue weighted by Gasteiger charge is 2.10. The molecule has 0 radical (unpaired) electrons. The van der Waals surface area contributed by atoms with Crippen LogP contribution in [0.15, 0.2) is 12.1 Å². The topological polar surface area (TPSA) is 26.0 Å². The Morgan fingerprint density at radius 3 is 2.43 bits per heavy atom. The summed E-state index contributed by atoms with van der Waals surface area (Å²) in [4.78, 5) is 0. The molecule has 4 heteroatoms. The Balaban J connectivity index is 2.75. The van der Waals surface area contributed by atoms with Gasteiger partial charge in [0.05, 0.1) is 0 Å². The van der Waals surface area contributed by atoms with Crippen LogP contribution < -0.4 is 5.73 Å². The second kappa shape index (κ2) is 5.00. The SMILES string of the molecule is NCCCCc1cc(F)cc(F)c1F. The lowest BCUT2D eigenvalue weighted by atomic mass is 10.1. The van der Waals surface area contributed by atoms with E-state index in [4.69, 9.17) is 5.73 Å². The van der Waals surface area contributed by atoms with Crippen LogP contribution in [0.3, 0.4) is 0 Å². The van der Waals surface area contributed by atoms with E-state index >= 15 is 0 Å². The fraction of sp³-hybridized carbons (Fsp3) is 0.400. The minimum absolute atomic E-state index is 0.0796. The van der Waals surface area contributed by atoms with Gasteiger partial charge in [-0.3, -0.25) is 0 Å². The number of rotatable bonds is 4. The second-order valence-corrected chi connectivity index (χ2v) is 3.11. The molecule has 0 bridgehead atoms. The Morgan fingerprint density at radius 1 is 1.07 bits per heavy atom. The second-order valence-electron chi connectivity index (χ2n) is 3.11. The largest absolute Gasteiger partial charge is 0.330 e. The lowest BCUT2D eigenvalue weighted by molar-refractivity contribution is 0.482. The fourth-order valence-electron chi connectivity index (χ4n) is 1.25. The van der Waals surface area contributed by atoms with E-state index in [1.54, 1.807) is 0 Å². The highest BCUT2D eigenvalue weighted by molar-refractivity contribution is 5.20.